The number of aliphatic imine (C=N–C) groups is 1. The molecule has 0 fully saturated rings. The molecule has 0 bridgehead atoms. The number of hydrogen-bond acceptors (Lipinski definition) is 4. The molecule has 0 unspecified atom stereocenters. The Labute approximate surface area is 95.6 Å². The summed E-state index contributed by atoms with van der Waals surface area (Å²) in [5.74, 6) is -1.16. The molecule has 0 saturated heterocycles. The summed E-state index contributed by atoms with van der Waals surface area (Å²) in [6.45, 7) is 0. The van der Waals surface area contributed by atoms with Crippen LogP contribution in [-0.4, -0.2) is 28.4 Å². The number of amidine groups is 1. The smallest absolute Gasteiger partial charge is 0.845 e. The van der Waals surface area contributed by atoms with Crippen LogP contribution in [0.3, 0.4) is 0 Å². The zero-order chi connectivity index (χ0) is 8.43. The molecular weight excluding hydrogens is 191 g/mol. The number of carbonyl (C=O) groups is 2. The second-order valence-corrected chi connectivity index (χ2v) is 2.57. The van der Waals surface area contributed by atoms with Crippen LogP contribution in [0, 0.1) is 0 Å². The van der Waals surface area contributed by atoms with Crippen LogP contribution >= 0.6 is 11.9 Å². The van der Waals surface area contributed by atoms with Crippen LogP contribution < -0.4 is 34.7 Å². The van der Waals surface area contributed by atoms with Crippen molar-refractivity contribution in [3.8, 4) is 0 Å². The van der Waals surface area contributed by atoms with E-state index in [0.29, 0.717) is 0 Å². The molecule has 0 saturated carbocycles. The molecule has 0 N–H and O–H groups in total. The zero-order valence-electron chi connectivity index (χ0n) is 6.73. The van der Waals surface area contributed by atoms with Crippen LogP contribution in [0.5, 0.6) is 0 Å². The van der Waals surface area contributed by atoms with Gasteiger partial charge in [0, 0.05) is 6.26 Å². The van der Waals surface area contributed by atoms with Crippen molar-refractivity contribution in [1.82, 2.24) is 4.31 Å². The van der Waals surface area contributed by atoms with Gasteiger partial charge in [0.25, 0.3) is 5.91 Å². The molecule has 12 heavy (non-hydrogen) atoms. The van der Waals surface area contributed by atoms with E-state index in [1.165, 1.54) is 0 Å². The molecule has 60 valence electrons. The summed E-state index contributed by atoms with van der Waals surface area (Å²) in [6.07, 6.45) is 1.27. The number of hydrogen-bond donors (Lipinski definition) is 0. The summed E-state index contributed by atoms with van der Waals surface area (Å²) in [4.78, 5) is 24.4. The first kappa shape index (κ1) is 12.0. The average molecular weight is 196 g/mol. The Balaban J connectivity index is 0.00000121. The number of nitrogens with zero attached hydrogens (tertiary/aromatic N) is 2. The van der Waals surface area contributed by atoms with Crippen LogP contribution in [0.25, 0.3) is 0 Å². The van der Waals surface area contributed by atoms with Crippen molar-refractivity contribution in [3.63, 3.8) is 0 Å². The Morgan fingerprint density at radius 1 is 1.58 bits per heavy atom. The Kier molecular flexibility index (Phi) is 4.84. The third kappa shape index (κ3) is 2.48. The van der Waals surface area contributed by atoms with Gasteiger partial charge in [-0.15, -0.1) is 0 Å². The van der Waals surface area contributed by atoms with Gasteiger partial charge in [0.2, 0.25) is 5.91 Å². The van der Waals surface area contributed by atoms with E-state index in [2.05, 4.69) is 4.99 Å². The quantitative estimate of drug-likeness (QED) is 0.242. The first-order valence-corrected chi connectivity index (χ1v) is 3.99. The maximum Gasteiger partial charge on any atom is 1.00 e. The second kappa shape index (κ2) is 4.86. The molecule has 1 rings (SSSR count). The molecule has 0 spiro atoms. The molecule has 2 amide bonds. The number of amides is 2. The van der Waals surface area contributed by atoms with Crippen molar-refractivity contribution in [2.24, 2.45) is 4.99 Å². The normalized spacial score (nSPS) is 17.1. The van der Waals surface area contributed by atoms with Crippen LogP contribution in [-0.2, 0) is 9.59 Å². The molecule has 0 atom stereocenters. The van der Waals surface area contributed by atoms with Gasteiger partial charge in [-0.3, -0.25) is 9.59 Å². The predicted octanol–water partition coefficient (Wildman–Crippen LogP) is -4.26. The molecule has 1 heterocycles. The van der Waals surface area contributed by atoms with Gasteiger partial charge >= 0.3 is 29.6 Å². The minimum absolute atomic E-state index is 0. The van der Waals surface area contributed by atoms with Gasteiger partial charge in [0.15, 0.2) is 0 Å². The van der Waals surface area contributed by atoms with Crippen LogP contribution in [0.2, 0.25) is 0 Å². The summed E-state index contributed by atoms with van der Waals surface area (Å²) < 4.78 is 0.862. The summed E-state index contributed by atoms with van der Waals surface area (Å²) in [6, 6.07) is -0.779. The summed E-state index contributed by atoms with van der Waals surface area (Å²) in [7, 11) is 0. The summed E-state index contributed by atoms with van der Waals surface area (Å²) in [5.41, 5.74) is 0. The molecule has 1 aliphatic rings. The molecular formula is C5H5N2NaO3S. The molecule has 5 nitrogen and oxygen atoms in total. The summed E-state index contributed by atoms with van der Waals surface area (Å²) in [5, 5.41) is 10.7. The Bertz CT molecular complexity index is 243. The second-order valence-electron chi connectivity index (χ2n) is 1.84. The van der Waals surface area contributed by atoms with Crippen molar-refractivity contribution in [1.29, 1.82) is 0 Å². The van der Waals surface area contributed by atoms with Crippen LogP contribution in [0.4, 0.5) is 0 Å². The summed E-state index contributed by atoms with van der Waals surface area (Å²) >= 11 is 0.952. The standard InChI is InChI=1S/C5H6N2O3S.Na/c1-11-7-4(9)2-3(8)6-5(7)10;/h2H2,1H3,(H,6,8,10);/q;+1/p-1. The zero-order valence-corrected chi connectivity index (χ0v) is 9.55. The van der Waals surface area contributed by atoms with E-state index in [-0.39, 0.29) is 36.0 Å². The molecule has 7 heteroatoms. The third-order valence-corrected chi connectivity index (χ3v) is 1.83. The minimum atomic E-state index is -0.779. The van der Waals surface area contributed by atoms with Gasteiger partial charge in [0.1, 0.15) is 6.42 Å². The molecule has 0 aromatic carbocycles. The van der Waals surface area contributed by atoms with Gasteiger partial charge in [-0.1, -0.05) is 0 Å². The largest absolute Gasteiger partial charge is 1.00 e. The first-order chi connectivity index (χ1) is 5.15. The average Bonchev–Trinajstić information content (AvgIpc) is 1.85. The van der Waals surface area contributed by atoms with Crippen molar-refractivity contribution >= 4 is 29.8 Å². The fourth-order valence-corrected chi connectivity index (χ4v) is 1.14. The van der Waals surface area contributed by atoms with E-state index >= 15 is 0 Å². The Morgan fingerprint density at radius 2 is 2.17 bits per heavy atom. The van der Waals surface area contributed by atoms with Crippen molar-refractivity contribution in [2.75, 3.05) is 6.26 Å². The van der Waals surface area contributed by atoms with Gasteiger partial charge in [0.05, 0.1) is 6.02 Å². The van der Waals surface area contributed by atoms with Gasteiger partial charge in [-0.05, 0) is 11.9 Å². The molecule has 0 aromatic rings. The number of rotatable bonds is 1. The van der Waals surface area contributed by atoms with E-state index in [0.717, 1.165) is 16.3 Å². The molecule has 0 aromatic heterocycles. The third-order valence-electron chi connectivity index (χ3n) is 1.11. The fraction of sp³-hybridized carbons (Fsp3) is 0.400. The predicted molar refractivity (Wildman–Crippen MR) is 37.4 cm³/mol. The van der Waals surface area contributed by atoms with Gasteiger partial charge < -0.3 is 5.11 Å². The van der Waals surface area contributed by atoms with Crippen molar-refractivity contribution < 1.29 is 44.3 Å². The monoisotopic (exact) mass is 196 g/mol. The van der Waals surface area contributed by atoms with Crippen molar-refractivity contribution in [2.45, 2.75) is 6.42 Å². The maximum absolute atomic E-state index is 10.8. The molecule has 0 aliphatic carbocycles. The maximum atomic E-state index is 10.8. The Hall–Kier alpha value is -0.0400. The van der Waals surface area contributed by atoms with E-state index in [4.69, 9.17) is 0 Å². The fourth-order valence-electron chi connectivity index (χ4n) is 0.679. The Morgan fingerprint density at radius 3 is 2.58 bits per heavy atom. The van der Waals surface area contributed by atoms with Crippen molar-refractivity contribution in [3.05, 3.63) is 0 Å². The van der Waals surface area contributed by atoms with E-state index in [1.807, 2.05) is 0 Å². The van der Waals surface area contributed by atoms with E-state index < -0.39 is 17.8 Å². The topological polar surface area (TPSA) is 72.8 Å². The number of carbonyl (C=O) groups excluding carboxylic acids is 2. The minimum Gasteiger partial charge on any atom is -0.845 e. The SMILES string of the molecule is CSN1C(=O)CC(=O)N=C1[O-].[Na+]. The first-order valence-electron chi connectivity index (χ1n) is 2.80. The van der Waals surface area contributed by atoms with Gasteiger partial charge in [-0.2, -0.15) is 0 Å². The molecule has 0 radical (unpaired) electrons. The van der Waals surface area contributed by atoms with Crippen LogP contribution in [0.1, 0.15) is 6.42 Å². The molecule has 1 aliphatic heterocycles. The van der Waals surface area contributed by atoms with Gasteiger partial charge in [-0.25, -0.2) is 9.30 Å². The van der Waals surface area contributed by atoms with E-state index in [1.54, 1.807) is 6.26 Å². The van der Waals surface area contributed by atoms with Crippen LogP contribution in [0.15, 0.2) is 4.99 Å². The van der Waals surface area contributed by atoms with E-state index in [9.17, 15) is 14.7 Å².